The molecule has 1 saturated heterocycles. The van der Waals surface area contributed by atoms with Gasteiger partial charge in [-0.25, -0.2) is 0 Å². The number of rotatable bonds is 7. The molecule has 2 aliphatic rings. The van der Waals surface area contributed by atoms with Gasteiger partial charge >= 0.3 is 0 Å². The molecule has 2 heterocycles. The number of fused-ring (bicyclic) bond motifs is 2. The molecule has 3 aromatic carbocycles. The highest BCUT2D eigenvalue weighted by molar-refractivity contribution is 5.97. The number of anilines is 1. The topological polar surface area (TPSA) is 51.2 Å². The molecule has 0 aliphatic carbocycles. The molecule has 3 aromatic rings. The van der Waals surface area contributed by atoms with E-state index in [1.165, 1.54) is 11.1 Å². The number of carbonyl (C=O) groups excluding carboxylic acids is 1. The number of hydrogen-bond acceptors (Lipinski definition) is 5. The third kappa shape index (κ3) is 4.78. The lowest BCUT2D eigenvalue weighted by atomic mass is 9.74. The molecule has 5 rings (SSSR count). The van der Waals surface area contributed by atoms with Crippen LogP contribution in [0.2, 0.25) is 0 Å². The largest absolute Gasteiger partial charge is 0.497 e. The molecule has 1 amide bonds. The fourth-order valence-corrected chi connectivity index (χ4v) is 5.61. The van der Waals surface area contributed by atoms with Crippen molar-refractivity contribution in [2.45, 2.75) is 31.2 Å². The maximum Gasteiger partial charge on any atom is 0.231 e. The predicted molar refractivity (Wildman–Crippen MR) is 141 cm³/mol. The smallest absolute Gasteiger partial charge is 0.231 e. The van der Waals surface area contributed by atoms with Crippen LogP contribution >= 0.6 is 0 Å². The van der Waals surface area contributed by atoms with Gasteiger partial charge in [-0.05, 0) is 85.1 Å². The Balaban J connectivity index is 1.33. The normalized spacial score (nSPS) is 16.6. The summed E-state index contributed by atoms with van der Waals surface area (Å²) in [5.41, 5.74) is 4.46. The van der Waals surface area contributed by atoms with E-state index in [9.17, 15) is 4.79 Å². The van der Waals surface area contributed by atoms with Crippen LogP contribution in [0.1, 0.15) is 29.5 Å². The third-order valence-corrected chi connectivity index (χ3v) is 7.70. The van der Waals surface area contributed by atoms with Gasteiger partial charge in [0.2, 0.25) is 5.91 Å². The van der Waals surface area contributed by atoms with Gasteiger partial charge in [0.25, 0.3) is 0 Å². The van der Waals surface area contributed by atoms with E-state index in [2.05, 4.69) is 29.2 Å². The fraction of sp³-hybridized carbons (Fsp3) is 0.367. The van der Waals surface area contributed by atoms with Gasteiger partial charge in [0, 0.05) is 24.2 Å². The van der Waals surface area contributed by atoms with Gasteiger partial charge in [-0.3, -0.25) is 9.69 Å². The molecule has 6 nitrogen and oxygen atoms in total. The van der Waals surface area contributed by atoms with Crippen molar-refractivity contribution >= 4 is 11.6 Å². The standard InChI is InChI=1S/C30H34N2O4/c1-34-24-9-7-22(8-10-24)18-29(33)32-21-30(27-19-26(36-3)11-12-28(27)32)13-15-31(16-14-30)20-23-5-4-6-25(17-23)35-2/h4-12,17,19H,13-16,18,20-21H2,1-3H3. The van der Waals surface area contributed by atoms with Crippen molar-refractivity contribution in [2.24, 2.45) is 0 Å². The lowest BCUT2D eigenvalue weighted by molar-refractivity contribution is -0.118. The summed E-state index contributed by atoms with van der Waals surface area (Å²) in [6.45, 7) is 3.58. The Hall–Kier alpha value is -3.51. The molecule has 1 fully saturated rings. The summed E-state index contributed by atoms with van der Waals surface area (Å²) < 4.78 is 16.2. The summed E-state index contributed by atoms with van der Waals surface area (Å²) in [7, 11) is 5.06. The van der Waals surface area contributed by atoms with E-state index in [1.54, 1.807) is 21.3 Å². The summed E-state index contributed by atoms with van der Waals surface area (Å²) in [6.07, 6.45) is 2.38. The molecule has 0 unspecified atom stereocenters. The lowest BCUT2D eigenvalue weighted by Crippen LogP contribution is -2.46. The van der Waals surface area contributed by atoms with Crippen molar-refractivity contribution in [1.29, 1.82) is 0 Å². The molecule has 0 saturated carbocycles. The van der Waals surface area contributed by atoms with Gasteiger partial charge in [-0.1, -0.05) is 24.3 Å². The quantitative estimate of drug-likeness (QED) is 0.479. The monoisotopic (exact) mass is 486 g/mol. The van der Waals surface area contributed by atoms with E-state index in [4.69, 9.17) is 14.2 Å². The SMILES string of the molecule is COc1ccc(CC(=O)N2CC3(CCN(Cc4cccc(OC)c4)CC3)c3cc(OC)ccc32)cc1. The molecule has 1 spiro atoms. The summed E-state index contributed by atoms with van der Waals surface area (Å²) in [5.74, 6) is 2.66. The van der Waals surface area contributed by atoms with Crippen LogP contribution in [0.3, 0.4) is 0 Å². The number of likely N-dealkylation sites (tertiary alicyclic amines) is 1. The zero-order chi connectivity index (χ0) is 25.1. The zero-order valence-electron chi connectivity index (χ0n) is 21.3. The summed E-state index contributed by atoms with van der Waals surface area (Å²) in [4.78, 5) is 18.0. The minimum atomic E-state index is -0.0513. The van der Waals surface area contributed by atoms with Crippen molar-refractivity contribution < 1.29 is 19.0 Å². The molecule has 2 aliphatic heterocycles. The number of nitrogens with zero attached hydrogens (tertiary/aromatic N) is 2. The number of piperidine rings is 1. The molecule has 0 N–H and O–H groups in total. The first kappa shape index (κ1) is 24.2. The number of benzene rings is 3. The van der Waals surface area contributed by atoms with E-state index in [0.29, 0.717) is 6.42 Å². The summed E-state index contributed by atoms with van der Waals surface area (Å²) >= 11 is 0. The molecular weight excluding hydrogens is 452 g/mol. The second-order valence-corrected chi connectivity index (χ2v) is 9.80. The predicted octanol–water partition coefficient (Wildman–Crippen LogP) is 4.84. The number of hydrogen-bond donors (Lipinski definition) is 0. The second-order valence-electron chi connectivity index (χ2n) is 9.80. The number of ether oxygens (including phenoxy) is 3. The zero-order valence-corrected chi connectivity index (χ0v) is 21.3. The van der Waals surface area contributed by atoms with Crippen molar-refractivity contribution in [3.05, 3.63) is 83.4 Å². The van der Waals surface area contributed by atoms with Gasteiger partial charge in [0.15, 0.2) is 0 Å². The van der Waals surface area contributed by atoms with E-state index >= 15 is 0 Å². The minimum Gasteiger partial charge on any atom is -0.497 e. The Morgan fingerprint density at radius 1 is 0.806 bits per heavy atom. The first-order valence-electron chi connectivity index (χ1n) is 12.5. The summed E-state index contributed by atoms with van der Waals surface area (Å²) in [5, 5.41) is 0. The van der Waals surface area contributed by atoms with E-state index in [0.717, 1.165) is 67.5 Å². The van der Waals surface area contributed by atoms with Crippen LogP contribution in [0, 0.1) is 0 Å². The van der Waals surface area contributed by atoms with Crippen molar-refractivity contribution in [3.8, 4) is 17.2 Å². The second kappa shape index (κ2) is 10.2. The number of amides is 1. The van der Waals surface area contributed by atoms with Gasteiger partial charge in [0.1, 0.15) is 17.2 Å². The Bertz CT molecular complexity index is 1220. The molecule has 6 heteroatoms. The Labute approximate surface area is 213 Å². The summed E-state index contributed by atoms with van der Waals surface area (Å²) in [6, 6.07) is 22.2. The highest BCUT2D eigenvalue weighted by Gasteiger charge is 2.46. The van der Waals surface area contributed by atoms with Crippen LogP contribution in [-0.4, -0.2) is 51.8 Å². The first-order chi connectivity index (χ1) is 17.5. The number of methoxy groups -OCH3 is 3. The molecular formula is C30H34N2O4. The van der Waals surface area contributed by atoms with Crippen LogP contribution < -0.4 is 19.1 Å². The molecule has 0 bridgehead atoms. The number of carbonyl (C=O) groups is 1. The molecule has 0 radical (unpaired) electrons. The van der Waals surface area contributed by atoms with Crippen LogP contribution in [0.15, 0.2) is 66.7 Å². The average Bonchev–Trinajstić information content (AvgIpc) is 3.24. The molecule has 36 heavy (non-hydrogen) atoms. The highest BCUT2D eigenvalue weighted by atomic mass is 16.5. The van der Waals surface area contributed by atoms with E-state index in [1.807, 2.05) is 47.4 Å². The van der Waals surface area contributed by atoms with Crippen molar-refractivity contribution in [3.63, 3.8) is 0 Å². The average molecular weight is 487 g/mol. The molecule has 0 aromatic heterocycles. The maximum absolute atomic E-state index is 13.5. The van der Waals surface area contributed by atoms with Crippen LogP contribution in [0.25, 0.3) is 0 Å². The van der Waals surface area contributed by atoms with Gasteiger partial charge in [0.05, 0.1) is 27.8 Å². The van der Waals surface area contributed by atoms with Crippen molar-refractivity contribution in [1.82, 2.24) is 4.90 Å². The Morgan fingerprint density at radius 2 is 1.47 bits per heavy atom. The molecule has 188 valence electrons. The van der Waals surface area contributed by atoms with Gasteiger partial charge < -0.3 is 19.1 Å². The third-order valence-electron chi connectivity index (χ3n) is 7.70. The molecule has 0 atom stereocenters. The van der Waals surface area contributed by atoms with Gasteiger partial charge in [-0.2, -0.15) is 0 Å². The minimum absolute atomic E-state index is 0.0513. The lowest BCUT2D eigenvalue weighted by Gasteiger charge is -2.40. The Morgan fingerprint density at radius 3 is 2.17 bits per heavy atom. The highest BCUT2D eigenvalue weighted by Crippen LogP contribution is 2.48. The van der Waals surface area contributed by atoms with Crippen LogP contribution in [-0.2, 0) is 23.2 Å². The maximum atomic E-state index is 13.5. The van der Waals surface area contributed by atoms with E-state index in [-0.39, 0.29) is 11.3 Å². The van der Waals surface area contributed by atoms with Crippen LogP contribution in [0.5, 0.6) is 17.2 Å². The van der Waals surface area contributed by atoms with Crippen molar-refractivity contribution in [2.75, 3.05) is 45.9 Å². The van der Waals surface area contributed by atoms with Crippen LogP contribution in [0.4, 0.5) is 5.69 Å². The van der Waals surface area contributed by atoms with Gasteiger partial charge in [-0.15, -0.1) is 0 Å². The van der Waals surface area contributed by atoms with E-state index < -0.39 is 0 Å². The first-order valence-corrected chi connectivity index (χ1v) is 12.5. The fourth-order valence-electron chi connectivity index (χ4n) is 5.61. The Kier molecular flexibility index (Phi) is 6.88.